The SMILES string of the molecule is CN(C)[C@H]1CC[C@@H](NC(=O)N2CCn3c(nnc3C(C)(C)C)C2)C1. The van der Waals surface area contributed by atoms with E-state index >= 15 is 0 Å². The van der Waals surface area contributed by atoms with Gasteiger partial charge in [0.15, 0.2) is 5.82 Å². The number of rotatable bonds is 2. The zero-order valence-electron chi connectivity index (χ0n) is 15.5. The largest absolute Gasteiger partial charge is 0.335 e. The molecule has 2 aliphatic rings. The Bertz CT molecular complexity index is 603. The maximum absolute atomic E-state index is 12.6. The van der Waals surface area contributed by atoms with Crippen molar-refractivity contribution in [1.29, 1.82) is 0 Å². The van der Waals surface area contributed by atoms with Crippen LogP contribution in [-0.4, -0.2) is 63.3 Å². The molecule has 2 amide bonds. The first-order valence-electron chi connectivity index (χ1n) is 8.90. The summed E-state index contributed by atoms with van der Waals surface area (Å²) in [5.74, 6) is 1.89. The minimum absolute atomic E-state index is 0.0271. The van der Waals surface area contributed by atoms with Crippen LogP contribution in [0.15, 0.2) is 0 Å². The van der Waals surface area contributed by atoms with Crippen LogP contribution in [0, 0.1) is 0 Å². The van der Waals surface area contributed by atoms with Crippen molar-refractivity contribution < 1.29 is 4.79 Å². The van der Waals surface area contributed by atoms with Crippen molar-refractivity contribution in [3.05, 3.63) is 11.6 Å². The second-order valence-corrected chi connectivity index (χ2v) is 8.34. The monoisotopic (exact) mass is 334 g/mol. The Morgan fingerprint density at radius 1 is 1.21 bits per heavy atom. The number of urea groups is 1. The molecule has 24 heavy (non-hydrogen) atoms. The van der Waals surface area contributed by atoms with Gasteiger partial charge >= 0.3 is 6.03 Å². The molecule has 1 aliphatic heterocycles. The van der Waals surface area contributed by atoms with E-state index in [-0.39, 0.29) is 17.5 Å². The van der Waals surface area contributed by atoms with E-state index in [1.165, 1.54) is 0 Å². The maximum Gasteiger partial charge on any atom is 0.318 e. The fourth-order valence-electron chi connectivity index (χ4n) is 3.71. The molecule has 0 radical (unpaired) electrons. The Hall–Kier alpha value is -1.63. The number of aromatic nitrogens is 3. The molecule has 1 fully saturated rings. The number of fused-ring (bicyclic) bond motifs is 1. The van der Waals surface area contributed by atoms with Crippen LogP contribution in [0.1, 0.15) is 51.7 Å². The molecule has 0 aromatic carbocycles. The van der Waals surface area contributed by atoms with Crippen molar-refractivity contribution in [1.82, 2.24) is 29.9 Å². The van der Waals surface area contributed by atoms with E-state index in [0.29, 0.717) is 19.1 Å². The van der Waals surface area contributed by atoms with E-state index in [4.69, 9.17) is 0 Å². The molecule has 0 unspecified atom stereocenters. The van der Waals surface area contributed by atoms with Gasteiger partial charge in [0.1, 0.15) is 5.82 Å². The Labute approximate surface area is 144 Å². The number of amides is 2. The summed E-state index contributed by atoms with van der Waals surface area (Å²) >= 11 is 0. The third kappa shape index (κ3) is 3.41. The lowest BCUT2D eigenvalue weighted by molar-refractivity contribution is 0.176. The summed E-state index contributed by atoms with van der Waals surface area (Å²) in [7, 11) is 4.22. The predicted octanol–water partition coefficient (Wildman–Crippen LogP) is 1.58. The molecule has 7 heteroatoms. The summed E-state index contributed by atoms with van der Waals surface area (Å²) in [5, 5.41) is 11.9. The number of carbonyl (C=O) groups is 1. The lowest BCUT2D eigenvalue weighted by atomic mass is 9.95. The Balaban J connectivity index is 1.60. The normalized spacial score (nSPS) is 24.3. The smallest absolute Gasteiger partial charge is 0.318 e. The van der Waals surface area contributed by atoms with Gasteiger partial charge in [-0.15, -0.1) is 10.2 Å². The molecule has 2 heterocycles. The van der Waals surface area contributed by atoms with E-state index in [1.54, 1.807) is 0 Å². The van der Waals surface area contributed by atoms with Crippen LogP contribution in [0.5, 0.6) is 0 Å². The van der Waals surface area contributed by atoms with E-state index in [0.717, 1.165) is 37.5 Å². The minimum atomic E-state index is -0.0271. The van der Waals surface area contributed by atoms with Crippen LogP contribution in [0.4, 0.5) is 4.79 Å². The summed E-state index contributed by atoms with van der Waals surface area (Å²) in [6.07, 6.45) is 3.25. The summed E-state index contributed by atoms with van der Waals surface area (Å²) < 4.78 is 2.17. The van der Waals surface area contributed by atoms with Crippen molar-refractivity contribution in [3.8, 4) is 0 Å². The Morgan fingerprint density at radius 2 is 1.96 bits per heavy atom. The first-order valence-corrected chi connectivity index (χ1v) is 8.90. The molecule has 2 atom stereocenters. The van der Waals surface area contributed by atoms with Gasteiger partial charge in [-0.3, -0.25) is 0 Å². The van der Waals surface area contributed by atoms with Crippen LogP contribution in [0.25, 0.3) is 0 Å². The van der Waals surface area contributed by atoms with Crippen LogP contribution in [0.3, 0.4) is 0 Å². The van der Waals surface area contributed by atoms with Crippen molar-refractivity contribution in [2.45, 2.75) is 70.6 Å². The molecular formula is C17H30N6O. The molecule has 1 saturated carbocycles. The van der Waals surface area contributed by atoms with Gasteiger partial charge in [0, 0.05) is 30.6 Å². The predicted molar refractivity (Wildman–Crippen MR) is 92.8 cm³/mol. The third-order valence-electron chi connectivity index (χ3n) is 5.17. The first-order chi connectivity index (χ1) is 11.3. The number of hydrogen-bond donors (Lipinski definition) is 1. The first kappa shape index (κ1) is 17.2. The number of carbonyl (C=O) groups excluding carboxylic acids is 1. The van der Waals surface area contributed by atoms with Crippen LogP contribution in [0.2, 0.25) is 0 Å². The lowest BCUT2D eigenvalue weighted by Crippen LogP contribution is -2.47. The molecule has 3 rings (SSSR count). The van der Waals surface area contributed by atoms with E-state index < -0.39 is 0 Å². The van der Waals surface area contributed by atoms with Gasteiger partial charge in [0.05, 0.1) is 6.54 Å². The number of nitrogens with zero attached hydrogens (tertiary/aromatic N) is 5. The topological polar surface area (TPSA) is 66.3 Å². The second kappa shape index (κ2) is 6.35. The van der Waals surface area contributed by atoms with E-state index in [2.05, 4.69) is 59.8 Å². The Kier molecular flexibility index (Phi) is 4.55. The highest BCUT2D eigenvalue weighted by Gasteiger charge is 2.31. The van der Waals surface area contributed by atoms with Crippen molar-refractivity contribution >= 4 is 6.03 Å². The molecule has 0 saturated heterocycles. The van der Waals surface area contributed by atoms with Crippen LogP contribution in [-0.2, 0) is 18.5 Å². The summed E-state index contributed by atoms with van der Waals surface area (Å²) in [6, 6.07) is 0.898. The quantitative estimate of drug-likeness (QED) is 0.892. The molecule has 134 valence electrons. The van der Waals surface area contributed by atoms with E-state index in [1.807, 2.05) is 4.90 Å². The fraction of sp³-hybridized carbons (Fsp3) is 0.824. The van der Waals surface area contributed by atoms with Gasteiger partial charge in [-0.05, 0) is 33.4 Å². The van der Waals surface area contributed by atoms with Crippen molar-refractivity contribution in [3.63, 3.8) is 0 Å². The molecule has 7 nitrogen and oxygen atoms in total. The highest BCUT2D eigenvalue weighted by Crippen LogP contribution is 2.25. The highest BCUT2D eigenvalue weighted by molar-refractivity contribution is 5.74. The highest BCUT2D eigenvalue weighted by atomic mass is 16.2. The van der Waals surface area contributed by atoms with E-state index in [9.17, 15) is 4.79 Å². The zero-order chi connectivity index (χ0) is 17.5. The lowest BCUT2D eigenvalue weighted by Gasteiger charge is -2.30. The van der Waals surface area contributed by atoms with Crippen molar-refractivity contribution in [2.24, 2.45) is 0 Å². The fourth-order valence-corrected chi connectivity index (χ4v) is 3.71. The van der Waals surface area contributed by atoms with Crippen LogP contribution < -0.4 is 5.32 Å². The summed E-state index contributed by atoms with van der Waals surface area (Å²) in [6.45, 7) is 8.45. The molecule has 1 aromatic rings. The van der Waals surface area contributed by atoms with Gasteiger partial charge in [0.25, 0.3) is 0 Å². The van der Waals surface area contributed by atoms with Crippen molar-refractivity contribution in [2.75, 3.05) is 20.6 Å². The maximum atomic E-state index is 12.6. The molecule has 1 N–H and O–H groups in total. The summed E-state index contributed by atoms with van der Waals surface area (Å²) in [5.41, 5.74) is -0.0271. The van der Waals surface area contributed by atoms with Gasteiger partial charge in [-0.1, -0.05) is 20.8 Å². The molecular weight excluding hydrogens is 304 g/mol. The molecule has 1 aliphatic carbocycles. The summed E-state index contributed by atoms with van der Waals surface area (Å²) in [4.78, 5) is 16.7. The third-order valence-corrected chi connectivity index (χ3v) is 5.17. The van der Waals surface area contributed by atoms with Gasteiger partial charge < -0.3 is 19.7 Å². The van der Waals surface area contributed by atoms with Gasteiger partial charge in [-0.25, -0.2) is 4.79 Å². The van der Waals surface area contributed by atoms with Gasteiger partial charge in [0.2, 0.25) is 0 Å². The molecule has 0 spiro atoms. The zero-order valence-corrected chi connectivity index (χ0v) is 15.5. The second-order valence-electron chi connectivity index (χ2n) is 8.34. The molecule has 1 aromatic heterocycles. The number of nitrogens with one attached hydrogen (secondary N) is 1. The average molecular weight is 334 g/mol. The number of hydrogen-bond acceptors (Lipinski definition) is 4. The van der Waals surface area contributed by atoms with Gasteiger partial charge in [-0.2, -0.15) is 0 Å². The average Bonchev–Trinajstić information content (AvgIpc) is 3.11. The standard InChI is InChI=1S/C17H30N6O/c1-17(2,3)15-20-19-14-11-22(8-9-23(14)15)16(24)18-12-6-7-13(10-12)21(4)5/h12-13H,6-11H2,1-5H3,(H,18,24)/t12-,13+/m1/s1. The minimum Gasteiger partial charge on any atom is -0.335 e. The van der Waals surface area contributed by atoms with Crippen LogP contribution >= 0.6 is 0 Å². The molecule has 0 bridgehead atoms. The Morgan fingerprint density at radius 3 is 2.58 bits per heavy atom.